The number of aromatic nitrogens is 2. The number of methoxy groups -OCH3 is 1. The van der Waals surface area contributed by atoms with Gasteiger partial charge in [-0.05, 0) is 64.3 Å². The van der Waals surface area contributed by atoms with Crippen molar-refractivity contribution in [2.75, 3.05) is 46.4 Å². The first kappa shape index (κ1) is 19.8. The van der Waals surface area contributed by atoms with Gasteiger partial charge >= 0.3 is 5.97 Å². The summed E-state index contributed by atoms with van der Waals surface area (Å²) in [6.07, 6.45) is 6.74. The second-order valence-corrected chi connectivity index (χ2v) is 7.43. The zero-order chi connectivity index (χ0) is 19.1. The Morgan fingerprint density at radius 1 is 1.33 bits per heavy atom. The Morgan fingerprint density at radius 2 is 2.15 bits per heavy atom. The van der Waals surface area contributed by atoms with Gasteiger partial charge in [-0.3, -0.25) is 14.3 Å². The lowest BCUT2D eigenvalue weighted by molar-refractivity contribution is -0.147. The van der Waals surface area contributed by atoms with Crippen molar-refractivity contribution in [3.8, 4) is 0 Å². The van der Waals surface area contributed by atoms with E-state index >= 15 is 0 Å². The van der Waals surface area contributed by atoms with Crippen LogP contribution < -0.4 is 10.6 Å². The van der Waals surface area contributed by atoms with Gasteiger partial charge in [0.25, 0.3) is 5.91 Å². The summed E-state index contributed by atoms with van der Waals surface area (Å²) in [7, 11) is 1.45. The van der Waals surface area contributed by atoms with E-state index < -0.39 is 0 Å². The van der Waals surface area contributed by atoms with Gasteiger partial charge in [0.1, 0.15) is 5.69 Å². The zero-order valence-electron chi connectivity index (χ0n) is 16.2. The van der Waals surface area contributed by atoms with Crippen LogP contribution in [0.2, 0.25) is 0 Å². The van der Waals surface area contributed by atoms with Crippen molar-refractivity contribution in [3.63, 3.8) is 0 Å². The van der Waals surface area contributed by atoms with Crippen LogP contribution in [-0.2, 0) is 9.53 Å². The van der Waals surface area contributed by atoms with E-state index in [0.717, 1.165) is 64.8 Å². The van der Waals surface area contributed by atoms with E-state index in [2.05, 4.69) is 20.6 Å². The highest BCUT2D eigenvalue weighted by molar-refractivity contribution is 5.92. The number of hydrogen-bond acceptors (Lipinski definition) is 6. The third-order valence-corrected chi connectivity index (χ3v) is 5.54. The van der Waals surface area contributed by atoms with Crippen LogP contribution in [0.15, 0.2) is 12.3 Å². The summed E-state index contributed by atoms with van der Waals surface area (Å²) in [5, 5.41) is 10.8. The summed E-state index contributed by atoms with van der Waals surface area (Å²) in [4.78, 5) is 26.2. The number of nitrogens with one attached hydrogen (secondary N) is 2. The molecule has 2 aliphatic rings. The van der Waals surface area contributed by atoms with Gasteiger partial charge in [-0.2, -0.15) is 5.10 Å². The van der Waals surface area contributed by atoms with Crippen LogP contribution in [0.4, 0.5) is 0 Å². The number of amides is 1. The smallest absolute Gasteiger partial charge is 0.308 e. The first-order chi connectivity index (χ1) is 13.2. The van der Waals surface area contributed by atoms with E-state index in [9.17, 15) is 9.59 Å². The summed E-state index contributed by atoms with van der Waals surface area (Å²) >= 11 is 0. The van der Waals surface area contributed by atoms with Gasteiger partial charge in [-0.1, -0.05) is 0 Å². The molecule has 1 unspecified atom stereocenters. The fraction of sp³-hybridized carbons (Fsp3) is 0.737. The minimum absolute atomic E-state index is 0.0421. The lowest BCUT2D eigenvalue weighted by Crippen LogP contribution is -2.38. The molecule has 150 valence electrons. The van der Waals surface area contributed by atoms with E-state index in [4.69, 9.17) is 4.74 Å². The molecule has 8 nitrogen and oxygen atoms in total. The number of likely N-dealkylation sites (tertiary alicyclic amines) is 1. The summed E-state index contributed by atoms with van der Waals surface area (Å²) in [6.45, 7) is 5.35. The number of piperidine rings is 2. The molecule has 3 heterocycles. The first-order valence-corrected chi connectivity index (χ1v) is 10.0. The monoisotopic (exact) mass is 377 g/mol. The molecular formula is C19H31N5O3. The highest BCUT2D eigenvalue weighted by Crippen LogP contribution is 2.18. The number of carbonyl (C=O) groups excluding carboxylic acids is 2. The lowest BCUT2D eigenvalue weighted by Gasteiger charge is -2.30. The highest BCUT2D eigenvalue weighted by Gasteiger charge is 2.25. The maximum absolute atomic E-state index is 12.3. The standard InChI is InChI=1S/C19H31N5O3/c1-27-19(26)15-5-11-23(12-6-15)10-3-9-21-18(25)17-7-13-24(22-17)16-4-2-8-20-14-16/h7,13,15-16,20H,2-6,8-12,14H2,1H3,(H,21,25). The summed E-state index contributed by atoms with van der Waals surface area (Å²) in [6, 6.07) is 2.13. The van der Waals surface area contributed by atoms with E-state index in [1.54, 1.807) is 6.07 Å². The maximum atomic E-state index is 12.3. The van der Waals surface area contributed by atoms with Gasteiger partial charge in [0.05, 0.1) is 19.1 Å². The average molecular weight is 377 g/mol. The summed E-state index contributed by atoms with van der Waals surface area (Å²) in [5.74, 6) is -0.160. The van der Waals surface area contributed by atoms with E-state index in [1.807, 2.05) is 10.9 Å². The number of hydrogen-bond donors (Lipinski definition) is 2. The number of carbonyl (C=O) groups is 2. The van der Waals surface area contributed by atoms with Crippen LogP contribution in [-0.4, -0.2) is 72.9 Å². The second-order valence-electron chi connectivity index (χ2n) is 7.43. The van der Waals surface area contributed by atoms with Gasteiger partial charge in [-0.25, -0.2) is 0 Å². The van der Waals surface area contributed by atoms with E-state index in [-0.39, 0.29) is 17.8 Å². The first-order valence-electron chi connectivity index (χ1n) is 10.0. The minimum Gasteiger partial charge on any atom is -0.469 e. The number of ether oxygens (including phenoxy) is 1. The molecule has 1 aromatic rings. The molecule has 0 spiro atoms. The molecule has 2 fully saturated rings. The molecule has 1 aromatic heterocycles. The Labute approximate surface area is 160 Å². The Bertz CT molecular complexity index is 619. The molecule has 2 saturated heterocycles. The van der Waals surface area contributed by atoms with Crippen molar-refractivity contribution < 1.29 is 14.3 Å². The molecule has 0 bridgehead atoms. The van der Waals surface area contributed by atoms with Crippen molar-refractivity contribution in [2.45, 2.75) is 38.1 Å². The van der Waals surface area contributed by atoms with E-state index in [0.29, 0.717) is 18.3 Å². The Hall–Kier alpha value is -1.93. The van der Waals surface area contributed by atoms with Crippen molar-refractivity contribution in [1.29, 1.82) is 0 Å². The van der Waals surface area contributed by atoms with Crippen LogP contribution in [0, 0.1) is 5.92 Å². The quantitative estimate of drug-likeness (QED) is 0.540. The minimum atomic E-state index is -0.109. The number of esters is 1. The lowest BCUT2D eigenvalue weighted by atomic mass is 9.97. The SMILES string of the molecule is COC(=O)C1CCN(CCCNC(=O)c2ccn(C3CCCNC3)n2)CC1. The molecule has 1 amide bonds. The van der Waals surface area contributed by atoms with Crippen molar-refractivity contribution in [3.05, 3.63) is 18.0 Å². The molecule has 3 rings (SSSR count). The molecule has 8 heteroatoms. The third-order valence-electron chi connectivity index (χ3n) is 5.54. The molecule has 27 heavy (non-hydrogen) atoms. The van der Waals surface area contributed by atoms with Crippen LogP contribution in [0.5, 0.6) is 0 Å². The zero-order valence-corrected chi connectivity index (χ0v) is 16.2. The van der Waals surface area contributed by atoms with Crippen molar-refractivity contribution in [2.24, 2.45) is 5.92 Å². The van der Waals surface area contributed by atoms with Gasteiger partial charge in [-0.15, -0.1) is 0 Å². The van der Waals surface area contributed by atoms with Crippen LogP contribution in [0.3, 0.4) is 0 Å². The predicted octanol–water partition coefficient (Wildman–Crippen LogP) is 0.812. The Balaban J connectivity index is 1.33. The summed E-state index contributed by atoms with van der Waals surface area (Å²) in [5.41, 5.74) is 0.486. The van der Waals surface area contributed by atoms with Crippen molar-refractivity contribution >= 4 is 11.9 Å². The maximum Gasteiger partial charge on any atom is 0.308 e. The van der Waals surface area contributed by atoms with Crippen molar-refractivity contribution in [1.82, 2.24) is 25.3 Å². The molecule has 2 aliphatic heterocycles. The van der Waals surface area contributed by atoms with Crippen LogP contribution in [0.25, 0.3) is 0 Å². The molecule has 1 atom stereocenters. The largest absolute Gasteiger partial charge is 0.469 e. The Kier molecular flexibility index (Phi) is 7.23. The molecule has 0 radical (unpaired) electrons. The second kappa shape index (κ2) is 9.85. The summed E-state index contributed by atoms with van der Waals surface area (Å²) < 4.78 is 6.73. The van der Waals surface area contributed by atoms with Gasteiger partial charge in [0, 0.05) is 19.3 Å². The third kappa shape index (κ3) is 5.52. The van der Waals surface area contributed by atoms with Gasteiger partial charge in [0.2, 0.25) is 0 Å². The molecular weight excluding hydrogens is 346 g/mol. The van der Waals surface area contributed by atoms with Crippen LogP contribution >= 0.6 is 0 Å². The number of rotatable bonds is 7. The molecule has 0 aliphatic carbocycles. The normalized spacial score (nSPS) is 21.7. The van der Waals surface area contributed by atoms with E-state index in [1.165, 1.54) is 7.11 Å². The number of nitrogens with zero attached hydrogens (tertiary/aromatic N) is 3. The molecule has 0 saturated carbocycles. The molecule has 0 aromatic carbocycles. The topological polar surface area (TPSA) is 88.5 Å². The van der Waals surface area contributed by atoms with Gasteiger partial charge < -0.3 is 20.3 Å². The predicted molar refractivity (Wildman–Crippen MR) is 101 cm³/mol. The fourth-order valence-electron chi connectivity index (χ4n) is 3.88. The van der Waals surface area contributed by atoms with Crippen LogP contribution in [0.1, 0.15) is 48.6 Å². The Morgan fingerprint density at radius 3 is 2.85 bits per heavy atom. The fourth-order valence-corrected chi connectivity index (χ4v) is 3.88. The molecule has 2 N–H and O–H groups in total. The van der Waals surface area contributed by atoms with Gasteiger partial charge in [0.15, 0.2) is 0 Å². The average Bonchev–Trinajstić information content (AvgIpc) is 3.22. The highest BCUT2D eigenvalue weighted by atomic mass is 16.5.